The smallest absolute Gasteiger partial charge is 0.391 e. The Labute approximate surface area is 1340 Å². The first-order valence-corrected chi connectivity index (χ1v) is 22.1. The molecule has 2 N–H and O–H groups in total. The van der Waals surface area contributed by atoms with Crippen molar-refractivity contribution in [3.05, 3.63) is 71.0 Å². The van der Waals surface area contributed by atoms with Crippen LogP contribution in [0, 0.1) is 10.8 Å². The van der Waals surface area contributed by atoms with E-state index < -0.39 is 25.8 Å². The molecule has 5 atom stereocenters. The van der Waals surface area contributed by atoms with Crippen LogP contribution in [-0.2, 0) is 1060 Å². The van der Waals surface area contributed by atoms with Crippen LogP contribution in [0.1, 0.15) is 105 Å². The summed E-state index contributed by atoms with van der Waals surface area (Å²) in [5.74, 6) is 0.319. The van der Waals surface area contributed by atoms with Crippen LogP contribution in [0.15, 0.2) is 48.5 Å². The zero-order valence-electron chi connectivity index (χ0n) is 55.5. The number of fused-ring (bicyclic) bond motifs is 6. The first-order chi connectivity index (χ1) is 24.4. The van der Waals surface area contributed by atoms with Crippen molar-refractivity contribution < 1.29 is 1120 Å². The van der Waals surface area contributed by atoms with E-state index in [1.807, 2.05) is 6.07 Å². The Morgan fingerprint density at radius 1 is 0.380 bits per heavy atom. The fraction of sp³-hybridized carbons (Fsp3) is 0.564. The molecule has 8 heterocycles. The van der Waals surface area contributed by atoms with Crippen LogP contribution in [0.5, 0.6) is 0 Å². The van der Waals surface area contributed by atoms with Crippen molar-refractivity contribution in [2.45, 2.75) is 95.9 Å². The predicted octanol–water partition coefficient (Wildman–Crippen LogP) is -4.34. The fourth-order valence-electron chi connectivity index (χ4n) is 11.5. The normalized spacial score (nSPS) is 14.6. The number of hydrogen-bond acceptors (Lipinski definition) is 9. The number of aliphatic hydroxyl groups excluding tert-OH is 1. The third kappa shape index (κ3) is 91.2. The van der Waals surface area contributed by atoms with Crippen LogP contribution in [0.3, 0.4) is 0 Å². The second kappa shape index (κ2) is 172. The number of aliphatic hydroxyl groups is 2. The quantitative estimate of drug-likeness (QED) is 0.153. The number of hydrogen-bond donors (Lipinski definition) is 2. The first-order valence-electron chi connectivity index (χ1n) is 18.6. The monoisotopic (exact) mass is 3690 g/mol. The van der Waals surface area contributed by atoms with Crippen molar-refractivity contribution >= 4 is 27.7 Å². The summed E-state index contributed by atoms with van der Waals surface area (Å²) in [5.41, 5.74) is 6.76. The largest absolute Gasteiger partial charge is 1.00 e. The molecule has 108 heavy (non-hydrogen) atoms. The third-order valence-electron chi connectivity index (χ3n) is 13.5. The Kier molecular flexibility index (Phi) is 531. The maximum atomic E-state index is 13.0. The SMILES string of the molecule is CC[C@]12CCCN3CCc4c(n(c5ccccc45)C(=O)C1)[C@@H]32.CC[C@]12CCCN3CCc4c(n(c5ccccc45)[C@@](O)(CO)C1)[C@@H]32.[Na+].[O-][I+3]([O-])([O-])[O-].[V].[V].[V].[V].[V].[V].[V].[V].[V].[V].[V].[V].[V].[V].[V].[V].[V].[V].[V].[V].[V].[V].[V].[V].[V].[V].[V].[V].[V].[V].[V].[V].[V].[V].[V].[V].[V].[V].[V].[V].[V].[V].[V].[V].[V].[V].[V].[V].[V].[V].[V].[V].[V].[V].[V].[V]. The van der Waals surface area contributed by atoms with Gasteiger partial charge >= 0.3 is 29.6 Å². The third-order valence-corrected chi connectivity index (χ3v) is 13.5. The van der Waals surface area contributed by atoms with Gasteiger partial charge in [0.1, 0.15) is 20.1 Å². The molecule has 56 radical (unpaired) electrons. The number of nitrogens with zero attached hydrogens (tertiary/aromatic N) is 4. The van der Waals surface area contributed by atoms with Crippen molar-refractivity contribution in [2.75, 3.05) is 32.8 Å². The van der Waals surface area contributed by atoms with Gasteiger partial charge in [0.25, 0.3) is 0 Å². The van der Waals surface area contributed by atoms with Crippen LogP contribution in [0.4, 0.5) is 0 Å². The van der Waals surface area contributed by atoms with Crippen LogP contribution in [-0.4, -0.2) is 67.8 Å². The summed E-state index contributed by atoms with van der Waals surface area (Å²) in [6, 6.07) is 17.7. The van der Waals surface area contributed by atoms with Crippen molar-refractivity contribution in [1.29, 1.82) is 0 Å². The van der Waals surface area contributed by atoms with Gasteiger partial charge in [0.05, 0.1) is 29.7 Å². The number of halogens is 1. The molecule has 11 nitrogen and oxygen atoms in total. The van der Waals surface area contributed by atoms with Gasteiger partial charge in [-0.3, -0.25) is 32.9 Å². The second-order valence-electron chi connectivity index (χ2n) is 15.7. The number of aromatic nitrogens is 2. The Morgan fingerprint density at radius 3 is 0.898 bits per heavy atom. The zero-order valence-corrected chi connectivity index (χ0v) is 138. The molecule has 0 bridgehead atoms. The van der Waals surface area contributed by atoms with Gasteiger partial charge in [0, 0.05) is 1090 Å². The molecule has 69 heteroatoms. The maximum Gasteiger partial charge on any atom is 1.00 e. The van der Waals surface area contributed by atoms with Crippen molar-refractivity contribution in [3.63, 3.8) is 0 Å². The molecule has 0 unspecified atom stereocenters. The molecule has 0 saturated carbocycles. The predicted molar refractivity (Wildman–Crippen MR) is 181 cm³/mol. The Bertz CT molecular complexity index is 2100. The molecule has 0 spiro atoms. The van der Waals surface area contributed by atoms with E-state index in [-0.39, 0.29) is 1090 Å². The van der Waals surface area contributed by atoms with Gasteiger partial charge in [-0.15, -0.1) is 0 Å². The molecule has 0 amide bonds. The van der Waals surface area contributed by atoms with E-state index in [1.54, 1.807) is 0 Å². The Morgan fingerprint density at radius 2 is 0.620 bits per heavy atom. The minimum Gasteiger partial charge on any atom is -0.391 e. The molecule has 554 valence electrons. The fourth-order valence-corrected chi connectivity index (χ4v) is 11.5. The van der Waals surface area contributed by atoms with E-state index in [1.165, 1.54) is 59.1 Å². The molecule has 6 aliphatic rings. The average Bonchev–Trinajstić information content (AvgIpc) is 3.65. The van der Waals surface area contributed by atoms with E-state index in [0.717, 1.165) is 69.2 Å². The van der Waals surface area contributed by atoms with Crippen LogP contribution < -0.4 is 63.4 Å². The number of rotatable bonds is 3. The van der Waals surface area contributed by atoms with Gasteiger partial charge in [0.15, 0.2) is 5.72 Å². The zero-order chi connectivity index (χ0) is 35.9. The number of carbonyl (C=O) groups excluding carboxylic acids is 1. The number of piperidine rings is 2. The summed E-state index contributed by atoms with van der Waals surface area (Å²) < 4.78 is 38.6. The molecule has 2 fully saturated rings. The van der Waals surface area contributed by atoms with Gasteiger partial charge in [-0.25, -0.2) is 0 Å². The molecule has 4 aromatic rings. The number of benzene rings is 2. The molecule has 2 saturated heterocycles. The molecular weight excluding hydrogens is 3640 g/mol. The Balaban J connectivity index is -0.00000000815. The van der Waals surface area contributed by atoms with E-state index in [2.05, 4.69) is 75.2 Å². The summed E-state index contributed by atoms with van der Waals surface area (Å²) in [6.07, 6.45) is 10.5. The van der Waals surface area contributed by atoms with E-state index >= 15 is 0 Å². The van der Waals surface area contributed by atoms with Crippen molar-refractivity contribution in [3.8, 4) is 0 Å². The minimum atomic E-state index is -5.94. The summed E-state index contributed by atoms with van der Waals surface area (Å²) in [4.78, 5) is 18.3. The van der Waals surface area contributed by atoms with E-state index in [9.17, 15) is 15.0 Å². The summed E-state index contributed by atoms with van der Waals surface area (Å²) in [6.45, 7) is 8.95. The molecule has 2 aromatic carbocycles. The summed E-state index contributed by atoms with van der Waals surface area (Å²) >= 11 is -5.94. The molecule has 6 aliphatic heterocycles. The van der Waals surface area contributed by atoms with Gasteiger partial charge in [-0.05, 0) is 93.1 Å². The van der Waals surface area contributed by atoms with Crippen molar-refractivity contribution in [1.82, 2.24) is 18.9 Å². The maximum absolute atomic E-state index is 13.0. The number of carbonyl (C=O) groups is 1. The summed E-state index contributed by atoms with van der Waals surface area (Å²) in [5, 5.41) is 24.2. The van der Waals surface area contributed by atoms with E-state index in [0.29, 0.717) is 24.4 Å². The molecule has 10 rings (SSSR count). The Hall–Kier alpha value is 31.3. The van der Waals surface area contributed by atoms with Gasteiger partial charge in [0.2, 0.25) is 5.91 Å². The van der Waals surface area contributed by atoms with Crippen molar-refractivity contribution in [2.24, 2.45) is 10.8 Å². The van der Waals surface area contributed by atoms with Crippen LogP contribution >= 0.6 is 0 Å². The van der Waals surface area contributed by atoms with Gasteiger partial charge in [-0.1, -0.05) is 50.2 Å². The second-order valence-corrected chi connectivity index (χ2v) is 17.9. The van der Waals surface area contributed by atoms with Crippen LogP contribution in [0.25, 0.3) is 21.8 Å². The topological polar surface area (TPSA) is 166 Å². The van der Waals surface area contributed by atoms with Gasteiger partial charge < -0.3 is 14.8 Å². The molecule has 2 aromatic heterocycles. The molecular formula is C39H48IN4NaO7V56. The first kappa shape index (κ1) is 334. The van der Waals surface area contributed by atoms with Gasteiger partial charge in [-0.2, -0.15) is 0 Å². The standard InChI is InChI=1S/C20H26N2O2.C19H22N2O.IO4.Na.56V/c1-2-19-9-5-10-21-11-8-15-14-6-3-4-7-16(14)22(17(15)18(19)21)20(24,12-19)13-23;1-2-19-9-5-10-20-11-8-14-13-6-3-4-7-15(13)21(16(22)12-19)17(14)18(19)20;2-1(3,4)5;;;;;;;;;;;;;;;;;;;;;;;;;;;;;;;;;;;;;;;;;;;;;;;;;;;;;;;;;/h3-4,6-7,18,23-24H,2,5,8-13H2,1H3;3-4,6-7,18H,2,5,8-12H2,1H3;;;;;;;;;;;;;;;;;;;;;;;;;;;;;;;;;;;;;;;;;;;;;;;;;;;;;;;;;;/q;;-1;+1;;;;;;;;;;;;;;;;;;;;;;;;;;;;;;;;;;;;;;;;;;;;;;;;;;;;;;;;/t18-,19+,20+;18-,19+;;;;;;;;;;;;;;;;;;;;;;;;;;;;;;;;;;;;;;;;;;;;;;;;;;;;;;;;;;/m11........................................................../s1. The average molecular weight is 3690 g/mol. The number of para-hydroxylation sites is 2. The molecule has 0 aliphatic carbocycles. The summed E-state index contributed by atoms with van der Waals surface area (Å²) in [7, 11) is 0. The minimum absolute atomic E-state index is 0. The van der Waals surface area contributed by atoms with Crippen LogP contribution in [0.2, 0.25) is 0 Å². The van der Waals surface area contributed by atoms with E-state index in [4.69, 9.17) is 13.7 Å².